The van der Waals surface area contributed by atoms with E-state index in [1.807, 2.05) is 0 Å². The first kappa shape index (κ1) is 18.6. The number of amides is 1. The van der Waals surface area contributed by atoms with Crippen LogP contribution in [0.3, 0.4) is 0 Å². The first-order valence-corrected chi connectivity index (χ1v) is 9.88. The van der Waals surface area contributed by atoms with Crippen LogP contribution in [0.4, 0.5) is 10.7 Å². The zero-order valence-corrected chi connectivity index (χ0v) is 15.3. The Bertz CT molecular complexity index is 1160. The van der Waals surface area contributed by atoms with Gasteiger partial charge in [-0.2, -0.15) is 13.7 Å². The second-order valence-electron chi connectivity index (χ2n) is 5.50. The minimum atomic E-state index is -4.52. The minimum absolute atomic E-state index is 0.165. The number of rotatable bonds is 4. The Morgan fingerprint density at radius 1 is 1.15 bits per heavy atom. The minimum Gasteiger partial charge on any atom is -0.389 e. The van der Waals surface area contributed by atoms with Gasteiger partial charge in [0.25, 0.3) is 16.0 Å². The molecule has 0 saturated heterocycles. The predicted molar refractivity (Wildman–Crippen MR) is 103 cm³/mol. The molecule has 0 aliphatic heterocycles. The van der Waals surface area contributed by atoms with Crippen LogP contribution >= 0.6 is 11.3 Å². The number of nitrogens with one attached hydrogen (secondary N) is 1. The van der Waals surface area contributed by atoms with Crippen molar-refractivity contribution in [2.45, 2.75) is 4.90 Å². The molecule has 4 N–H and O–H groups in total. The van der Waals surface area contributed by atoms with Gasteiger partial charge in [0.05, 0.1) is 11.1 Å². The third-order valence-electron chi connectivity index (χ3n) is 3.79. The third kappa shape index (κ3) is 3.83. The number of nitrogens with zero attached hydrogens (tertiary/aromatic N) is 1. The first-order valence-electron chi connectivity index (χ1n) is 7.56. The molecule has 3 rings (SSSR count). The fraction of sp³-hybridized carbons (Fsp3) is 0. The molecule has 0 fully saturated rings. The van der Waals surface area contributed by atoms with Gasteiger partial charge >= 0.3 is 0 Å². The van der Waals surface area contributed by atoms with Crippen LogP contribution in [-0.4, -0.2) is 18.9 Å². The predicted octanol–water partition coefficient (Wildman–Crippen LogP) is 3.37. The summed E-state index contributed by atoms with van der Waals surface area (Å²) in [5, 5.41) is 14.0. The molecule has 1 amide bonds. The monoisotopic (exact) mass is 399 g/mol. The first-order chi connectivity index (χ1) is 12.8. The number of carbonyl (C=O) groups is 1. The molecule has 0 spiro atoms. The van der Waals surface area contributed by atoms with Crippen molar-refractivity contribution in [2.75, 3.05) is 11.1 Å². The number of hydrogen-bond acceptors (Lipinski definition) is 6. The molecule has 3 aromatic rings. The standard InChI is InChI=1S/C18H13N3O4S2/c19-9-14-15(10-26-17(14)20)11-5-7-12(8-6-11)21-18(22)13-3-1-2-4-16(13)27(23,24)25/h1-8,10H,20H2,(H,21,22)(H,23,24,25). The maximum absolute atomic E-state index is 12.4. The highest BCUT2D eigenvalue weighted by molar-refractivity contribution is 7.86. The Morgan fingerprint density at radius 2 is 1.81 bits per heavy atom. The van der Waals surface area contributed by atoms with Gasteiger partial charge < -0.3 is 11.1 Å². The van der Waals surface area contributed by atoms with E-state index in [4.69, 9.17) is 5.73 Å². The summed E-state index contributed by atoms with van der Waals surface area (Å²) in [5.41, 5.74) is 7.89. The largest absolute Gasteiger partial charge is 0.389 e. The van der Waals surface area contributed by atoms with Crippen LogP contribution in [-0.2, 0) is 10.1 Å². The van der Waals surface area contributed by atoms with Gasteiger partial charge in [-0.25, -0.2) is 0 Å². The van der Waals surface area contributed by atoms with Crippen LogP contribution in [0.15, 0.2) is 58.8 Å². The van der Waals surface area contributed by atoms with Gasteiger partial charge in [0, 0.05) is 16.6 Å². The number of anilines is 2. The van der Waals surface area contributed by atoms with Gasteiger partial charge in [0.15, 0.2) is 0 Å². The average molecular weight is 399 g/mol. The van der Waals surface area contributed by atoms with E-state index >= 15 is 0 Å². The second-order valence-corrected chi connectivity index (χ2v) is 7.80. The van der Waals surface area contributed by atoms with E-state index in [2.05, 4.69) is 11.4 Å². The van der Waals surface area contributed by atoms with Crippen molar-refractivity contribution >= 4 is 38.1 Å². The highest BCUT2D eigenvalue weighted by Crippen LogP contribution is 2.33. The highest BCUT2D eigenvalue weighted by Gasteiger charge is 2.20. The molecule has 0 unspecified atom stereocenters. The van der Waals surface area contributed by atoms with Crippen molar-refractivity contribution < 1.29 is 17.8 Å². The summed E-state index contributed by atoms with van der Waals surface area (Å²) >= 11 is 1.27. The Hall–Kier alpha value is -3.19. The Balaban J connectivity index is 1.86. The maximum atomic E-state index is 12.4. The Morgan fingerprint density at radius 3 is 2.44 bits per heavy atom. The zero-order chi connectivity index (χ0) is 19.6. The lowest BCUT2D eigenvalue weighted by atomic mass is 10.0. The van der Waals surface area contributed by atoms with Gasteiger partial charge in [-0.3, -0.25) is 9.35 Å². The molecule has 0 aliphatic rings. The Kier molecular flexibility index (Phi) is 4.96. The molecule has 0 aliphatic carbocycles. The number of hydrogen-bond donors (Lipinski definition) is 3. The fourth-order valence-corrected chi connectivity index (χ4v) is 3.97. The van der Waals surface area contributed by atoms with E-state index in [9.17, 15) is 23.0 Å². The van der Waals surface area contributed by atoms with Gasteiger partial charge in [-0.1, -0.05) is 24.3 Å². The lowest BCUT2D eigenvalue weighted by Gasteiger charge is -2.09. The molecule has 9 heteroatoms. The van der Waals surface area contributed by atoms with Crippen LogP contribution < -0.4 is 11.1 Å². The zero-order valence-electron chi connectivity index (χ0n) is 13.7. The van der Waals surface area contributed by atoms with E-state index in [0.29, 0.717) is 21.8 Å². The number of carbonyl (C=O) groups excluding carboxylic acids is 1. The number of benzene rings is 2. The number of nitrogens with two attached hydrogens (primary N) is 1. The van der Waals surface area contributed by atoms with Crippen LogP contribution in [0.25, 0.3) is 11.1 Å². The molecule has 136 valence electrons. The smallest absolute Gasteiger partial charge is 0.295 e. The molecule has 0 atom stereocenters. The van der Waals surface area contributed by atoms with Crippen molar-refractivity contribution in [1.82, 2.24) is 0 Å². The topological polar surface area (TPSA) is 133 Å². The molecule has 7 nitrogen and oxygen atoms in total. The quantitative estimate of drug-likeness (QED) is 0.576. The summed E-state index contributed by atoms with van der Waals surface area (Å²) in [6.45, 7) is 0. The molecule has 1 heterocycles. The van der Waals surface area contributed by atoms with Gasteiger partial charge in [-0.15, -0.1) is 11.3 Å². The summed E-state index contributed by atoms with van der Waals surface area (Å²) in [5.74, 6) is -0.673. The van der Waals surface area contributed by atoms with E-state index in [0.717, 1.165) is 11.6 Å². The molecule has 27 heavy (non-hydrogen) atoms. The van der Waals surface area contributed by atoms with E-state index < -0.39 is 20.9 Å². The molecule has 0 saturated carbocycles. The molecule has 0 radical (unpaired) electrons. The molecule has 2 aromatic carbocycles. The Labute approximate surface area is 159 Å². The highest BCUT2D eigenvalue weighted by atomic mass is 32.2. The fourth-order valence-electron chi connectivity index (χ4n) is 2.51. The van der Waals surface area contributed by atoms with Crippen molar-refractivity contribution in [1.29, 1.82) is 5.26 Å². The van der Waals surface area contributed by atoms with Gasteiger partial charge in [-0.05, 0) is 29.8 Å². The van der Waals surface area contributed by atoms with Crippen molar-refractivity contribution in [3.63, 3.8) is 0 Å². The third-order valence-corrected chi connectivity index (χ3v) is 5.52. The van der Waals surface area contributed by atoms with Crippen molar-refractivity contribution in [2.24, 2.45) is 0 Å². The van der Waals surface area contributed by atoms with Crippen LogP contribution in [0.5, 0.6) is 0 Å². The second kappa shape index (κ2) is 7.20. The van der Waals surface area contributed by atoms with Crippen LogP contribution in [0.2, 0.25) is 0 Å². The van der Waals surface area contributed by atoms with Gasteiger partial charge in [0.1, 0.15) is 16.0 Å². The lowest BCUT2D eigenvalue weighted by Crippen LogP contribution is -2.16. The van der Waals surface area contributed by atoms with Gasteiger partial charge in [0.2, 0.25) is 0 Å². The summed E-state index contributed by atoms with van der Waals surface area (Å²) in [6.07, 6.45) is 0. The van der Waals surface area contributed by atoms with E-state index in [1.54, 1.807) is 29.6 Å². The van der Waals surface area contributed by atoms with Crippen LogP contribution in [0, 0.1) is 11.3 Å². The summed E-state index contributed by atoms with van der Waals surface area (Å²) in [7, 11) is -4.52. The summed E-state index contributed by atoms with van der Waals surface area (Å²) < 4.78 is 32.1. The maximum Gasteiger partial charge on any atom is 0.295 e. The normalized spacial score (nSPS) is 11.0. The molecule has 1 aromatic heterocycles. The van der Waals surface area contributed by atoms with E-state index in [1.165, 1.54) is 29.5 Å². The van der Waals surface area contributed by atoms with Crippen LogP contribution in [0.1, 0.15) is 15.9 Å². The molecule has 0 bridgehead atoms. The lowest BCUT2D eigenvalue weighted by molar-refractivity contribution is 0.102. The number of nitriles is 1. The summed E-state index contributed by atoms with van der Waals surface area (Å²) in [6, 6.07) is 14.1. The number of thiophene rings is 1. The summed E-state index contributed by atoms with van der Waals surface area (Å²) in [4.78, 5) is 11.9. The number of nitrogen functional groups attached to an aromatic ring is 1. The SMILES string of the molecule is N#Cc1c(-c2ccc(NC(=O)c3ccccc3S(=O)(=O)O)cc2)csc1N. The molecular formula is C18H13N3O4S2. The van der Waals surface area contributed by atoms with E-state index in [-0.39, 0.29) is 5.56 Å². The molecular weight excluding hydrogens is 386 g/mol. The van der Waals surface area contributed by atoms with Crippen molar-refractivity contribution in [3.8, 4) is 17.2 Å². The van der Waals surface area contributed by atoms with Crippen molar-refractivity contribution in [3.05, 3.63) is 65.0 Å². The average Bonchev–Trinajstić information content (AvgIpc) is 3.02.